The fourth-order valence-corrected chi connectivity index (χ4v) is 5.14. The molecule has 0 saturated carbocycles. The van der Waals surface area contributed by atoms with Gasteiger partial charge in [-0.1, -0.05) is 30.9 Å². The number of hydrogen-bond acceptors (Lipinski definition) is 4. The second kappa shape index (κ2) is 8.06. The van der Waals surface area contributed by atoms with Crippen LogP contribution in [0.5, 0.6) is 5.75 Å². The molecule has 1 heterocycles. The number of ether oxygens (including phenoxy) is 1. The van der Waals surface area contributed by atoms with Gasteiger partial charge < -0.3 is 10.1 Å². The summed E-state index contributed by atoms with van der Waals surface area (Å²) in [5.41, 5.74) is 1.09. The maximum atomic E-state index is 13.3. The van der Waals surface area contributed by atoms with Gasteiger partial charge in [0, 0.05) is 12.2 Å². The van der Waals surface area contributed by atoms with Crippen LogP contribution in [0, 0.1) is 0 Å². The summed E-state index contributed by atoms with van der Waals surface area (Å²) in [5.74, 6) is 0.109. The van der Waals surface area contributed by atoms with Crippen LogP contribution in [0.3, 0.4) is 0 Å². The Morgan fingerprint density at radius 3 is 2.54 bits per heavy atom. The number of carbonyl (C=O) groups excluding carboxylic acids is 1. The Balaban J connectivity index is 1.80. The van der Waals surface area contributed by atoms with Gasteiger partial charge in [0.25, 0.3) is 0 Å². The van der Waals surface area contributed by atoms with Gasteiger partial charge in [-0.05, 0) is 56.2 Å². The number of nitrogens with zero attached hydrogens (tertiary/aromatic N) is 1. The van der Waals surface area contributed by atoms with Crippen LogP contribution in [0.15, 0.2) is 67.3 Å². The van der Waals surface area contributed by atoms with Crippen molar-refractivity contribution in [1.82, 2.24) is 0 Å². The number of hydrogen-bond donors (Lipinski definition) is 1. The first-order valence-corrected chi connectivity index (χ1v) is 10.5. The normalized spacial score (nSPS) is 21.0. The smallest absolute Gasteiger partial charge is 0.249 e. The molecule has 1 aliphatic rings. The highest BCUT2D eigenvalue weighted by molar-refractivity contribution is 7.95. The maximum absolute atomic E-state index is 13.3. The molecule has 148 valence electrons. The van der Waals surface area contributed by atoms with Gasteiger partial charge in [0.15, 0.2) is 4.75 Å². The van der Waals surface area contributed by atoms with E-state index in [2.05, 4.69) is 11.9 Å². The standard InChI is InChI=1S/C21H24N2O4S/c1-3-16-27-19-12-10-17(11-13-19)22-20(24)21(2)14-7-15-23(28(21,25)26)18-8-5-4-6-9-18/h3-6,8-13H,1,7,14-16H2,2H3,(H,22,24)/t21-/m1/s1. The zero-order chi connectivity index (χ0) is 20.2. The van der Waals surface area contributed by atoms with Gasteiger partial charge in [0.2, 0.25) is 15.9 Å². The molecule has 3 rings (SSSR count). The molecular weight excluding hydrogens is 376 g/mol. The van der Waals surface area contributed by atoms with E-state index < -0.39 is 20.7 Å². The fraction of sp³-hybridized carbons (Fsp3) is 0.286. The molecule has 0 aliphatic carbocycles. The summed E-state index contributed by atoms with van der Waals surface area (Å²) in [6, 6.07) is 15.7. The first-order chi connectivity index (χ1) is 13.4. The predicted molar refractivity (Wildman–Crippen MR) is 111 cm³/mol. The molecule has 0 unspecified atom stereocenters. The van der Waals surface area contributed by atoms with E-state index in [0.717, 1.165) is 0 Å². The zero-order valence-electron chi connectivity index (χ0n) is 15.8. The van der Waals surface area contributed by atoms with Crippen LogP contribution in [0.25, 0.3) is 0 Å². The van der Waals surface area contributed by atoms with Gasteiger partial charge in [-0.2, -0.15) is 0 Å². The largest absolute Gasteiger partial charge is 0.490 e. The second-order valence-corrected chi connectivity index (χ2v) is 9.12. The highest BCUT2D eigenvalue weighted by Gasteiger charge is 2.51. The third-order valence-electron chi connectivity index (χ3n) is 4.88. The van der Waals surface area contributed by atoms with E-state index in [9.17, 15) is 13.2 Å². The highest BCUT2D eigenvalue weighted by atomic mass is 32.2. The molecule has 1 saturated heterocycles. The number of para-hydroxylation sites is 1. The van der Waals surface area contributed by atoms with Crippen molar-refractivity contribution in [1.29, 1.82) is 0 Å². The molecule has 2 aromatic carbocycles. The number of sulfonamides is 1. The molecule has 0 spiro atoms. The Morgan fingerprint density at radius 2 is 1.89 bits per heavy atom. The summed E-state index contributed by atoms with van der Waals surface area (Å²) in [6.45, 7) is 5.84. The Hall–Kier alpha value is -2.80. The molecule has 1 amide bonds. The van der Waals surface area contributed by atoms with Gasteiger partial charge >= 0.3 is 0 Å². The summed E-state index contributed by atoms with van der Waals surface area (Å²) in [6.07, 6.45) is 2.51. The Labute approximate surface area is 165 Å². The minimum absolute atomic E-state index is 0.269. The molecule has 1 atom stereocenters. The summed E-state index contributed by atoms with van der Waals surface area (Å²) < 4.78 is 31.8. The minimum Gasteiger partial charge on any atom is -0.490 e. The van der Waals surface area contributed by atoms with Crippen molar-refractivity contribution in [3.63, 3.8) is 0 Å². The van der Waals surface area contributed by atoms with E-state index in [1.54, 1.807) is 54.6 Å². The van der Waals surface area contributed by atoms with Crippen molar-refractivity contribution in [2.24, 2.45) is 0 Å². The van der Waals surface area contributed by atoms with E-state index in [1.807, 2.05) is 6.07 Å². The summed E-state index contributed by atoms with van der Waals surface area (Å²) in [5, 5.41) is 2.74. The van der Waals surface area contributed by atoms with Crippen molar-refractivity contribution < 1.29 is 17.9 Å². The van der Waals surface area contributed by atoms with E-state index in [1.165, 1.54) is 11.2 Å². The van der Waals surface area contributed by atoms with E-state index in [4.69, 9.17) is 4.74 Å². The Bertz CT molecular complexity index is 942. The lowest BCUT2D eigenvalue weighted by molar-refractivity contribution is -0.118. The summed E-state index contributed by atoms with van der Waals surface area (Å²) in [4.78, 5) is 13.0. The third-order valence-corrected chi connectivity index (χ3v) is 7.38. The van der Waals surface area contributed by atoms with Crippen molar-refractivity contribution in [3.05, 3.63) is 67.3 Å². The first-order valence-electron chi connectivity index (χ1n) is 9.11. The van der Waals surface area contributed by atoms with Crippen LogP contribution in [0.2, 0.25) is 0 Å². The molecule has 2 aromatic rings. The molecule has 6 nitrogen and oxygen atoms in total. The quantitative estimate of drug-likeness (QED) is 0.752. The summed E-state index contributed by atoms with van der Waals surface area (Å²) >= 11 is 0. The van der Waals surface area contributed by atoms with Crippen LogP contribution in [-0.2, 0) is 14.8 Å². The van der Waals surface area contributed by atoms with Gasteiger partial charge in [0.1, 0.15) is 12.4 Å². The molecule has 0 aromatic heterocycles. The van der Waals surface area contributed by atoms with Crippen molar-refractivity contribution in [3.8, 4) is 5.75 Å². The lowest BCUT2D eigenvalue weighted by Gasteiger charge is -2.39. The molecule has 1 aliphatic heterocycles. The molecule has 1 fully saturated rings. The van der Waals surface area contributed by atoms with Gasteiger partial charge in [-0.3, -0.25) is 9.10 Å². The topological polar surface area (TPSA) is 75.7 Å². The van der Waals surface area contributed by atoms with Crippen LogP contribution in [0.1, 0.15) is 19.8 Å². The number of amides is 1. The van der Waals surface area contributed by atoms with Crippen molar-refractivity contribution in [2.75, 3.05) is 22.8 Å². The van der Waals surface area contributed by atoms with Gasteiger partial charge in [-0.15, -0.1) is 0 Å². The van der Waals surface area contributed by atoms with Crippen LogP contribution >= 0.6 is 0 Å². The number of nitrogens with one attached hydrogen (secondary N) is 1. The van der Waals surface area contributed by atoms with Gasteiger partial charge in [-0.25, -0.2) is 8.42 Å². The molecular formula is C21H24N2O4S. The molecule has 0 radical (unpaired) electrons. The number of anilines is 2. The monoisotopic (exact) mass is 400 g/mol. The SMILES string of the molecule is C=CCOc1ccc(NC(=O)[C@@]2(C)CCCN(c3ccccc3)S2(=O)=O)cc1. The van der Waals surface area contributed by atoms with Crippen LogP contribution in [0.4, 0.5) is 11.4 Å². The van der Waals surface area contributed by atoms with Crippen LogP contribution in [-0.4, -0.2) is 32.2 Å². The average Bonchev–Trinajstić information content (AvgIpc) is 2.70. The molecule has 1 N–H and O–H groups in total. The predicted octanol–water partition coefficient (Wildman–Crippen LogP) is 3.58. The maximum Gasteiger partial charge on any atom is 0.249 e. The minimum atomic E-state index is -3.87. The number of carbonyl (C=O) groups is 1. The second-order valence-electron chi connectivity index (χ2n) is 6.83. The molecule has 7 heteroatoms. The number of benzene rings is 2. The lowest BCUT2D eigenvalue weighted by Crippen LogP contribution is -2.57. The number of rotatable bonds is 6. The fourth-order valence-electron chi connectivity index (χ4n) is 3.20. The van der Waals surface area contributed by atoms with Gasteiger partial charge in [0.05, 0.1) is 5.69 Å². The van der Waals surface area contributed by atoms with E-state index >= 15 is 0 Å². The zero-order valence-corrected chi connectivity index (χ0v) is 16.6. The lowest BCUT2D eigenvalue weighted by atomic mass is 10.0. The average molecular weight is 400 g/mol. The van der Waals surface area contributed by atoms with Crippen molar-refractivity contribution >= 4 is 27.3 Å². The van der Waals surface area contributed by atoms with E-state index in [0.29, 0.717) is 36.7 Å². The Kier molecular flexibility index (Phi) is 5.74. The Morgan fingerprint density at radius 1 is 1.21 bits per heavy atom. The first kappa shape index (κ1) is 19.9. The third kappa shape index (κ3) is 3.75. The van der Waals surface area contributed by atoms with E-state index in [-0.39, 0.29) is 6.42 Å². The summed E-state index contributed by atoms with van der Waals surface area (Å²) in [7, 11) is -3.87. The highest BCUT2D eigenvalue weighted by Crippen LogP contribution is 2.36. The molecule has 0 bridgehead atoms. The molecule has 28 heavy (non-hydrogen) atoms. The van der Waals surface area contributed by atoms with Crippen LogP contribution < -0.4 is 14.4 Å². The van der Waals surface area contributed by atoms with Crippen molar-refractivity contribution in [2.45, 2.75) is 24.5 Å².